The van der Waals surface area contributed by atoms with Crippen LogP contribution in [0.2, 0.25) is 0 Å². The third kappa shape index (κ3) is 1.62. The lowest BCUT2D eigenvalue weighted by atomic mass is 9.98. The van der Waals surface area contributed by atoms with Crippen LogP contribution < -0.4 is 0 Å². The lowest BCUT2D eigenvalue weighted by Gasteiger charge is -2.07. The summed E-state index contributed by atoms with van der Waals surface area (Å²) in [5, 5.41) is 3.94. The van der Waals surface area contributed by atoms with Crippen LogP contribution in [-0.4, -0.2) is 4.98 Å². The zero-order valence-electron chi connectivity index (χ0n) is 10.5. The van der Waals surface area contributed by atoms with Crippen molar-refractivity contribution >= 4 is 21.7 Å². The minimum Gasteiger partial charge on any atom is -0.358 e. The zero-order valence-corrected chi connectivity index (χ0v) is 10.5. The predicted molar refractivity (Wildman–Crippen MR) is 74.6 cm³/mol. The normalized spacial score (nSPS) is 11.8. The highest BCUT2D eigenvalue weighted by atomic mass is 14.7. The largest absolute Gasteiger partial charge is 0.358 e. The molecular formula is C16H17N. The van der Waals surface area contributed by atoms with Gasteiger partial charge in [-0.15, -0.1) is 0 Å². The maximum Gasteiger partial charge on any atom is 0.0535 e. The first-order chi connectivity index (χ1) is 8.15. The highest BCUT2D eigenvalue weighted by Crippen LogP contribution is 2.28. The average Bonchev–Trinajstić information content (AvgIpc) is 2.69. The van der Waals surface area contributed by atoms with Crippen LogP contribution in [0.1, 0.15) is 31.0 Å². The summed E-state index contributed by atoms with van der Waals surface area (Å²) in [6.07, 6.45) is 0. The molecule has 1 N–H and O–H groups in total. The van der Waals surface area contributed by atoms with E-state index in [1.165, 1.54) is 32.9 Å². The Bertz CT molecular complexity index is 689. The number of rotatable bonds is 1. The van der Waals surface area contributed by atoms with E-state index in [1.54, 1.807) is 0 Å². The molecule has 3 aromatic rings. The summed E-state index contributed by atoms with van der Waals surface area (Å²) < 4.78 is 0. The van der Waals surface area contributed by atoms with Crippen molar-refractivity contribution in [3.05, 3.63) is 47.7 Å². The molecule has 3 rings (SSSR count). The molecule has 0 atom stereocenters. The quantitative estimate of drug-likeness (QED) is 0.612. The Morgan fingerprint density at radius 2 is 1.71 bits per heavy atom. The molecule has 1 heteroatoms. The van der Waals surface area contributed by atoms with E-state index in [2.05, 4.69) is 62.2 Å². The molecule has 0 saturated heterocycles. The molecule has 1 aromatic heterocycles. The summed E-state index contributed by atoms with van der Waals surface area (Å²) in [7, 11) is 0. The average molecular weight is 223 g/mol. The number of hydrogen-bond acceptors (Lipinski definition) is 0. The Morgan fingerprint density at radius 1 is 0.941 bits per heavy atom. The summed E-state index contributed by atoms with van der Waals surface area (Å²) in [5.41, 5.74) is 3.89. The van der Waals surface area contributed by atoms with Gasteiger partial charge in [0.25, 0.3) is 0 Å². The van der Waals surface area contributed by atoms with Crippen molar-refractivity contribution in [1.82, 2.24) is 4.98 Å². The first-order valence-electron chi connectivity index (χ1n) is 6.17. The molecule has 1 heterocycles. The van der Waals surface area contributed by atoms with E-state index >= 15 is 0 Å². The minimum atomic E-state index is 0.584. The number of hydrogen-bond donors (Lipinski definition) is 1. The summed E-state index contributed by atoms with van der Waals surface area (Å²) >= 11 is 0. The van der Waals surface area contributed by atoms with Gasteiger partial charge < -0.3 is 4.98 Å². The van der Waals surface area contributed by atoms with Crippen LogP contribution >= 0.6 is 0 Å². The van der Waals surface area contributed by atoms with E-state index in [9.17, 15) is 0 Å². The van der Waals surface area contributed by atoms with Gasteiger partial charge in [-0.3, -0.25) is 0 Å². The molecule has 1 nitrogen and oxygen atoms in total. The fourth-order valence-corrected chi connectivity index (χ4v) is 2.45. The van der Waals surface area contributed by atoms with Crippen LogP contribution in [0.5, 0.6) is 0 Å². The topological polar surface area (TPSA) is 15.8 Å². The maximum absolute atomic E-state index is 3.45. The SMILES string of the molecule is Cc1cc2ccc3cc(C(C)C)ccc3c2[nH]1. The van der Waals surface area contributed by atoms with Crippen molar-refractivity contribution in [1.29, 1.82) is 0 Å². The van der Waals surface area contributed by atoms with E-state index in [-0.39, 0.29) is 0 Å². The van der Waals surface area contributed by atoms with Crippen LogP contribution in [0.4, 0.5) is 0 Å². The second-order valence-corrected chi connectivity index (χ2v) is 5.12. The number of aromatic amines is 1. The van der Waals surface area contributed by atoms with Gasteiger partial charge in [0, 0.05) is 16.5 Å². The Balaban J connectivity index is 2.36. The van der Waals surface area contributed by atoms with E-state index < -0.39 is 0 Å². The van der Waals surface area contributed by atoms with Crippen LogP contribution in [0.25, 0.3) is 21.7 Å². The molecule has 0 spiro atoms. The summed E-state index contributed by atoms with van der Waals surface area (Å²) in [4.78, 5) is 3.45. The van der Waals surface area contributed by atoms with E-state index in [1.807, 2.05) is 0 Å². The van der Waals surface area contributed by atoms with E-state index in [4.69, 9.17) is 0 Å². The van der Waals surface area contributed by atoms with Crippen LogP contribution in [0.15, 0.2) is 36.4 Å². The van der Waals surface area contributed by atoms with Gasteiger partial charge in [0.1, 0.15) is 0 Å². The number of aryl methyl sites for hydroxylation is 1. The van der Waals surface area contributed by atoms with Gasteiger partial charge in [0.05, 0.1) is 5.52 Å². The lowest BCUT2D eigenvalue weighted by molar-refractivity contribution is 0.869. The van der Waals surface area contributed by atoms with Crippen molar-refractivity contribution in [3.8, 4) is 0 Å². The molecule has 0 bridgehead atoms. The maximum atomic E-state index is 3.45. The Morgan fingerprint density at radius 3 is 2.47 bits per heavy atom. The highest BCUT2D eigenvalue weighted by Gasteiger charge is 2.05. The first-order valence-corrected chi connectivity index (χ1v) is 6.17. The van der Waals surface area contributed by atoms with Crippen LogP contribution in [0, 0.1) is 6.92 Å². The van der Waals surface area contributed by atoms with Crippen molar-refractivity contribution in [3.63, 3.8) is 0 Å². The third-order valence-electron chi connectivity index (χ3n) is 3.44. The molecule has 0 fully saturated rings. The predicted octanol–water partition coefficient (Wildman–Crippen LogP) is 4.75. The van der Waals surface area contributed by atoms with E-state index in [0.29, 0.717) is 5.92 Å². The molecule has 0 saturated carbocycles. The molecule has 0 amide bonds. The zero-order chi connectivity index (χ0) is 12.0. The second kappa shape index (κ2) is 3.63. The van der Waals surface area contributed by atoms with Gasteiger partial charge >= 0.3 is 0 Å². The Hall–Kier alpha value is -1.76. The van der Waals surface area contributed by atoms with Crippen molar-refractivity contribution in [2.75, 3.05) is 0 Å². The van der Waals surface area contributed by atoms with Gasteiger partial charge in [-0.05, 0) is 29.9 Å². The first kappa shape index (κ1) is 10.4. The molecule has 17 heavy (non-hydrogen) atoms. The van der Waals surface area contributed by atoms with Gasteiger partial charge in [-0.1, -0.05) is 44.2 Å². The highest BCUT2D eigenvalue weighted by molar-refractivity contribution is 6.05. The third-order valence-corrected chi connectivity index (χ3v) is 3.44. The number of aromatic nitrogens is 1. The number of H-pyrrole nitrogens is 1. The fraction of sp³-hybridized carbons (Fsp3) is 0.250. The van der Waals surface area contributed by atoms with Crippen LogP contribution in [-0.2, 0) is 0 Å². The van der Waals surface area contributed by atoms with Crippen molar-refractivity contribution < 1.29 is 0 Å². The molecule has 0 aliphatic heterocycles. The second-order valence-electron chi connectivity index (χ2n) is 5.12. The molecule has 0 aliphatic carbocycles. The summed E-state index contributed by atoms with van der Waals surface area (Å²) in [5.74, 6) is 0.584. The molecule has 86 valence electrons. The molecule has 0 unspecified atom stereocenters. The molecule has 2 aromatic carbocycles. The Kier molecular flexibility index (Phi) is 2.22. The number of nitrogens with one attached hydrogen (secondary N) is 1. The van der Waals surface area contributed by atoms with Crippen LogP contribution in [0.3, 0.4) is 0 Å². The Labute approximate surface area is 101 Å². The van der Waals surface area contributed by atoms with Gasteiger partial charge in [-0.2, -0.15) is 0 Å². The molecular weight excluding hydrogens is 206 g/mol. The number of benzene rings is 2. The standard InChI is InChI=1S/C16H17N/c1-10(2)12-6-7-15-13(9-12)4-5-14-8-11(3)17-16(14)15/h4-10,17H,1-3H3. The summed E-state index contributed by atoms with van der Waals surface area (Å²) in [6, 6.07) is 13.4. The summed E-state index contributed by atoms with van der Waals surface area (Å²) in [6.45, 7) is 6.57. The minimum absolute atomic E-state index is 0.584. The lowest BCUT2D eigenvalue weighted by Crippen LogP contribution is -1.87. The monoisotopic (exact) mass is 223 g/mol. The smallest absolute Gasteiger partial charge is 0.0535 e. The van der Waals surface area contributed by atoms with Gasteiger partial charge in [0.2, 0.25) is 0 Å². The molecule has 0 aliphatic rings. The molecule has 0 radical (unpaired) electrons. The van der Waals surface area contributed by atoms with Crippen molar-refractivity contribution in [2.45, 2.75) is 26.7 Å². The van der Waals surface area contributed by atoms with Gasteiger partial charge in [0.15, 0.2) is 0 Å². The van der Waals surface area contributed by atoms with E-state index in [0.717, 1.165) is 0 Å². The van der Waals surface area contributed by atoms with Crippen molar-refractivity contribution in [2.24, 2.45) is 0 Å². The number of fused-ring (bicyclic) bond motifs is 3. The fourth-order valence-electron chi connectivity index (χ4n) is 2.45. The van der Waals surface area contributed by atoms with Gasteiger partial charge in [-0.25, -0.2) is 0 Å².